The van der Waals surface area contributed by atoms with Crippen LogP contribution in [0.5, 0.6) is 0 Å². The van der Waals surface area contributed by atoms with Gasteiger partial charge in [0, 0.05) is 18.0 Å². The maximum Gasteiger partial charge on any atom is 0.231 e. The number of rotatable bonds is 5. The number of carbonyl (C=O) groups excluding carboxylic acids is 1. The summed E-state index contributed by atoms with van der Waals surface area (Å²) in [5, 5.41) is 3.11. The number of amides is 1. The highest BCUT2D eigenvalue weighted by Crippen LogP contribution is 2.29. The molecule has 1 amide bonds. The minimum atomic E-state index is -0.180. The first kappa shape index (κ1) is 17.0. The molecule has 0 bridgehead atoms. The highest BCUT2D eigenvalue weighted by molar-refractivity contribution is 5.99. The van der Waals surface area contributed by atoms with E-state index in [4.69, 9.17) is 0 Å². The monoisotopic (exact) mass is 355 g/mol. The quantitative estimate of drug-likeness (QED) is 0.539. The fourth-order valence-corrected chi connectivity index (χ4v) is 3.36. The molecule has 2 aromatic carbocycles. The molecule has 134 valence electrons. The predicted molar refractivity (Wildman–Crippen MR) is 109 cm³/mol. The molecule has 4 rings (SSSR count). The molecule has 4 heteroatoms. The Morgan fingerprint density at radius 3 is 2.52 bits per heavy atom. The van der Waals surface area contributed by atoms with Crippen LogP contribution >= 0.6 is 0 Å². The Bertz CT molecular complexity index is 1040. The minimum absolute atomic E-state index is 0.0000795. The normalized spacial score (nSPS) is 12.0. The van der Waals surface area contributed by atoms with Gasteiger partial charge >= 0.3 is 0 Å². The van der Waals surface area contributed by atoms with Gasteiger partial charge in [-0.3, -0.25) is 4.79 Å². The van der Waals surface area contributed by atoms with Crippen molar-refractivity contribution in [3.8, 4) is 11.3 Å². The average molecular weight is 355 g/mol. The number of nitrogens with zero attached hydrogens (tertiary/aromatic N) is 2. The summed E-state index contributed by atoms with van der Waals surface area (Å²) in [6, 6.07) is 23.6. The van der Waals surface area contributed by atoms with Crippen LogP contribution in [0.3, 0.4) is 0 Å². The summed E-state index contributed by atoms with van der Waals surface area (Å²) in [6.45, 7) is 2.03. The topological polar surface area (TPSA) is 46.4 Å². The molecule has 0 unspecified atom stereocenters. The van der Waals surface area contributed by atoms with Crippen LogP contribution in [0.2, 0.25) is 0 Å². The Morgan fingerprint density at radius 1 is 1.00 bits per heavy atom. The Labute approximate surface area is 158 Å². The highest BCUT2D eigenvalue weighted by atomic mass is 16.1. The number of para-hydroxylation sites is 1. The molecule has 0 radical (unpaired) electrons. The summed E-state index contributed by atoms with van der Waals surface area (Å²) in [6.07, 6.45) is 4.69. The Kier molecular flexibility index (Phi) is 4.71. The largest absolute Gasteiger partial charge is 0.325 e. The van der Waals surface area contributed by atoms with Crippen LogP contribution < -0.4 is 5.32 Å². The van der Waals surface area contributed by atoms with E-state index in [-0.39, 0.29) is 11.8 Å². The zero-order valence-electron chi connectivity index (χ0n) is 15.2. The fraction of sp³-hybridized carbons (Fsp3) is 0.130. The molecule has 0 aliphatic carbocycles. The van der Waals surface area contributed by atoms with Gasteiger partial charge in [-0.15, -0.1) is 0 Å². The Morgan fingerprint density at radius 2 is 1.74 bits per heavy atom. The molecule has 0 fully saturated rings. The van der Waals surface area contributed by atoms with E-state index < -0.39 is 0 Å². The van der Waals surface area contributed by atoms with E-state index in [0.717, 1.165) is 34.6 Å². The lowest BCUT2D eigenvalue weighted by atomic mass is 9.95. The van der Waals surface area contributed by atoms with Crippen molar-refractivity contribution in [2.24, 2.45) is 0 Å². The second-order valence-electron chi connectivity index (χ2n) is 6.50. The SMILES string of the molecule is CC[C@H](C(=O)Nc1ccccc1-c1cn2ccccc2n1)c1ccccc1. The standard InChI is InChI=1S/C23H21N3O/c1-2-18(17-10-4-3-5-11-17)23(27)25-20-13-7-6-12-19(20)21-16-26-15-9-8-14-22(26)24-21/h3-16,18H,2H2,1H3,(H,25,27)/t18-/m0/s1. The summed E-state index contributed by atoms with van der Waals surface area (Å²) < 4.78 is 1.98. The number of carbonyl (C=O) groups is 1. The van der Waals surface area contributed by atoms with E-state index in [1.54, 1.807) is 0 Å². The van der Waals surface area contributed by atoms with Crippen LogP contribution in [0, 0.1) is 0 Å². The molecule has 1 N–H and O–H groups in total. The Hall–Kier alpha value is -3.40. The van der Waals surface area contributed by atoms with E-state index >= 15 is 0 Å². The molecular weight excluding hydrogens is 334 g/mol. The first-order chi connectivity index (χ1) is 13.3. The summed E-state index contributed by atoms with van der Waals surface area (Å²) >= 11 is 0. The molecular formula is C23H21N3O. The van der Waals surface area contributed by atoms with E-state index in [1.165, 1.54) is 0 Å². The summed E-state index contributed by atoms with van der Waals surface area (Å²) in [7, 11) is 0. The van der Waals surface area contributed by atoms with Gasteiger partial charge in [-0.2, -0.15) is 0 Å². The van der Waals surface area contributed by atoms with Crippen molar-refractivity contribution in [2.75, 3.05) is 5.32 Å². The van der Waals surface area contributed by atoms with Crippen LogP contribution in [-0.4, -0.2) is 15.3 Å². The van der Waals surface area contributed by atoms with Crippen molar-refractivity contribution < 1.29 is 4.79 Å². The molecule has 0 spiro atoms. The maximum absolute atomic E-state index is 13.0. The molecule has 0 saturated heterocycles. The number of nitrogens with one attached hydrogen (secondary N) is 1. The van der Waals surface area contributed by atoms with Crippen molar-refractivity contribution in [2.45, 2.75) is 19.3 Å². The third-order valence-corrected chi connectivity index (χ3v) is 4.75. The third kappa shape index (κ3) is 3.47. The van der Waals surface area contributed by atoms with Gasteiger partial charge in [0.25, 0.3) is 0 Å². The van der Waals surface area contributed by atoms with Crippen LogP contribution in [0.4, 0.5) is 5.69 Å². The molecule has 1 atom stereocenters. The molecule has 2 heterocycles. The predicted octanol–water partition coefficient (Wildman–Crippen LogP) is 5.13. The van der Waals surface area contributed by atoms with Crippen molar-refractivity contribution in [1.82, 2.24) is 9.38 Å². The minimum Gasteiger partial charge on any atom is -0.325 e. The van der Waals surface area contributed by atoms with Crippen molar-refractivity contribution in [3.05, 3.63) is 90.8 Å². The van der Waals surface area contributed by atoms with E-state index in [0.29, 0.717) is 0 Å². The number of benzene rings is 2. The number of hydrogen-bond donors (Lipinski definition) is 1. The fourth-order valence-electron chi connectivity index (χ4n) is 3.36. The molecule has 4 aromatic rings. The van der Waals surface area contributed by atoms with Crippen LogP contribution in [0.1, 0.15) is 24.8 Å². The number of fused-ring (bicyclic) bond motifs is 1. The Balaban J connectivity index is 1.66. The number of imidazole rings is 1. The van der Waals surface area contributed by atoms with Gasteiger partial charge in [0.15, 0.2) is 0 Å². The number of pyridine rings is 1. The number of hydrogen-bond acceptors (Lipinski definition) is 2. The third-order valence-electron chi connectivity index (χ3n) is 4.75. The van der Waals surface area contributed by atoms with E-state index in [9.17, 15) is 4.79 Å². The zero-order valence-corrected chi connectivity index (χ0v) is 15.2. The molecule has 4 nitrogen and oxygen atoms in total. The van der Waals surface area contributed by atoms with Gasteiger partial charge in [-0.05, 0) is 30.2 Å². The van der Waals surface area contributed by atoms with Crippen molar-refractivity contribution in [3.63, 3.8) is 0 Å². The van der Waals surface area contributed by atoms with Gasteiger partial charge in [-0.25, -0.2) is 4.98 Å². The molecule has 0 saturated carbocycles. The molecule has 0 aliphatic heterocycles. The van der Waals surface area contributed by atoms with Crippen LogP contribution in [0.25, 0.3) is 16.9 Å². The first-order valence-electron chi connectivity index (χ1n) is 9.15. The molecule has 27 heavy (non-hydrogen) atoms. The van der Waals surface area contributed by atoms with Gasteiger partial charge in [0.1, 0.15) is 5.65 Å². The first-order valence-corrected chi connectivity index (χ1v) is 9.15. The lowest BCUT2D eigenvalue weighted by molar-refractivity contribution is -0.117. The zero-order chi connectivity index (χ0) is 18.6. The van der Waals surface area contributed by atoms with Gasteiger partial charge in [-0.1, -0.05) is 61.5 Å². The van der Waals surface area contributed by atoms with Gasteiger partial charge in [0.05, 0.1) is 17.3 Å². The molecule has 2 aromatic heterocycles. The highest BCUT2D eigenvalue weighted by Gasteiger charge is 2.20. The second kappa shape index (κ2) is 7.46. The van der Waals surface area contributed by atoms with Crippen molar-refractivity contribution in [1.29, 1.82) is 0 Å². The smallest absolute Gasteiger partial charge is 0.231 e. The summed E-state index contributed by atoms with van der Waals surface area (Å²) in [4.78, 5) is 17.6. The number of anilines is 1. The average Bonchev–Trinajstić information content (AvgIpc) is 3.14. The van der Waals surface area contributed by atoms with E-state index in [1.807, 2.05) is 96.5 Å². The lowest BCUT2D eigenvalue weighted by Crippen LogP contribution is -2.21. The number of aromatic nitrogens is 2. The van der Waals surface area contributed by atoms with Crippen LogP contribution in [0.15, 0.2) is 85.2 Å². The summed E-state index contributed by atoms with van der Waals surface area (Å²) in [5.41, 5.74) is 4.44. The van der Waals surface area contributed by atoms with Gasteiger partial charge < -0.3 is 9.72 Å². The lowest BCUT2D eigenvalue weighted by Gasteiger charge is -2.17. The second-order valence-corrected chi connectivity index (χ2v) is 6.50. The van der Waals surface area contributed by atoms with Crippen molar-refractivity contribution >= 4 is 17.2 Å². The van der Waals surface area contributed by atoms with Gasteiger partial charge in [0.2, 0.25) is 5.91 Å². The molecule has 0 aliphatic rings. The maximum atomic E-state index is 13.0. The summed E-state index contributed by atoms with van der Waals surface area (Å²) in [5.74, 6) is -0.180. The van der Waals surface area contributed by atoms with E-state index in [2.05, 4.69) is 10.3 Å². The van der Waals surface area contributed by atoms with Crippen LogP contribution in [-0.2, 0) is 4.79 Å².